The monoisotopic (exact) mass is 1320 g/mol. The highest BCUT2D eigenvalue weighted by molar-refractivity contribution is 7.47. The second-order valence-electron chi connectivity index (χ2n) is 23.3. The van der Waals surface area contributed by atoms with Crippen LogP contribution in [0.4, 0.5) is 0 Å². The smallest absolute Gasteiger partial charge is 0.463 e. The molecule has 0 saturated heterocycles. The van der Waals surface area contributed by atoms with Crippen molar-refractivity contribution in [2.24, 2.45) is 0 Å². The molecule has 0 aliphatic carbocycles. The molecule has 0 saturated carbocycles. The third kappa shape index (κ3) is 67.4. The molecular weight excluding hydrogens is 1190 g/mol. The standard InChI is InChI=1S/C73H126O16P2/c1-4-7-10-13-16-19-22-24-26-28-29-30-31-32-33-34-35-36-37-39-41-42-45-47-50-53-56-59-71(76)83-62-68(74)63-85-90(79,80)86-64-69(75)65-87-91(81,82)88-67-70(89-73(78)61-58-55-52-49-44-21-18-15-12-9-6-3)66-84-72(77)60-57-54-51-48-46-43-40-38-27-25-23-20-17-14-11-8-5-2/h7-8,10-11,15-20,24-27,29-30,32-33,68-70,74-75H,4-6,9,12-14,21-23,28,31,34-67H2,1-3H3,(H,79,80)(H,81,82)/b10-7-,11-8-,18-15-,19-16-,20-17-,26-24-,27-25-,30-29-,33-32-. The maximum atomic E-state index is 12.9. The number of unbranched alkanes of at least 4 members (excludes halogenated alkanes) is 25. The van der Waals surface area contributed by atoms with E-state index >= 15 is 0 Å². The first-order chi connectivity index (χ1) is 44.2. The number of rotatable bonds is 66. The van der Waals surface area contributed by atoms with Gasteiger partial charge in [0.1, 0.15) is 25.4 Å². The summed E-state index contributed by atoms with van der Waals surface area (Å²) in [7, 11) is -9.78. The molecule has 0 rings (SSSR count). The molecule has 0 aliphatic heterocycles. The fraction of sp³-hybridized carbons (Fsp3) is 0.712. The molecule has 0 aliphatic rings. The van der Waals surface area contributed by atoms with Crippen molar-refractivity contribution in [1.82, 2.24) is 0 Å². The minimum atomic E-state index is -4.92. The first-order valence-corrected chi connectivity index (χ1v) is 38.2. The van der Waals surface area contributed by atoms with Crippen molar-refractivity contribution in [3.8, 4) is 0 Å². The van der Waals surface area contributed by atoms with Crippen LogP contribution in [0.3, 0.4) is 0 Å². The number of allylic oxidation sites excluding steroid dienone is 18. The molecule has 524 valence electrons. The van der Waals surface area contributed by atoms with Gasteiger partial charge in [0.15, 0.2) is 6.10 Å². The SMILES string of the molecule is CC/C=C\C/C=C\C/C=C\C/C=C\C/C=C\CCCCCCCCCCCCCC(=O)OCC(O)COP(=O)(O)OCC(O)COP(=O)(O)OCC(COC(=O)CCCCCCCCC/C=C\C/C=C\C/C=C\CC)OC(=O)CCCCCCC/C=C\CCCC. The van der Waals surface area contributed by atoms with Crippen molar-refractivity contribution in [1.29, 1.82) is 0 Å². The number of ether oxygens (including phenoxy) is 3. The van der Waals surface area contributed by atoms with Gasteiger partial charge >= 0.3 is 33.6 Å². The lowest BCUT2D eigenvalue weighted by molar-refractivity contribution is -0.161. The molecule has 16 nitrogen and oxygen atoms in total. The van der Waals surface area contributed by atoms with E-state index in [1.165, 1.54) is 57.8 Å². The van der Waals surface area contributed by atoms with Crippen LogP contribution in [0.2, 0.25) is 0 Å². The Hall–Kier alpha value is -3.79. The second-order valence-corrected chi connectivity index (χ2v) is 26.2. The zero-order chi connectivity index (χ0) is 66.7. The van der Waals surface area contributed by atoms with Gasteiger partial charge in [-0.05, 0) is 116 Å². The van der Waals surface area contributed by atoms with Gasteiger partial charge in [-0.25, -0.2) is 9.13 Å². The average Bonchev–Trinajstić information content (AvgIpc) is 3.69. The molecule has 0 fully saturated rings. The summed E-state index contributed by atoms with van der Waals surface area (Å²) in [6, 6.07) is 0. The van der Waals surface area contributed by atoms with Gasteiger partial charge in [-0.1, -0.05) is 252 Å². The largest absolute Gasteiger partial charge is 0.472 e. The van der Waals surface area contributed by atoms with Crippen LogP contribution in [0.15, 0.2) is 109 Å². The topological polar surface area (TPSA) is 231 Å². The van der Waals surface area contributed by atoms with Crippen molar-refractivity contribution in [3.63, 3.8) is 0 Å². The van der Waals surface area contributed by atoms with Gasteiger partial charge in [0, 0.05) is 19.3 Å². The van der Waals surface area contributed by atoms with Crippen LogP contribution in [0.1, 0.15) is 278 Å². The van der Waals surface area contributed by atoms with Crippen LogP contribution < -0.4 is 0 Å². The molecule has 18 heteroatoms. The minimum absolute atomic E-state index is 0.0911. The first kappa shape index (κ1) is 87.2. The summed E-state index contributed by atoms with van der Waals surface area (Å²) < 4.78 is 60.8. The van der Waals surface area contributed by atoms with Crippen LogP contribution in [0, 0.1) is 0 Å². The van der Waals surface area contributed by atoms with Crippen molar-refractivity contribution in [3.05, 3.63) is 109 Å². The normalized spacial score (nSPS) is 14.8. The maximum Gasteiger partial charge on any atom is 0.472 e. The lowest BCUT2D eigenvalue weighted by atomic mass is 10.0. The van der Waals surface area contributed by atoms with E-state index in [0.29, 0.717) is 19.3 Å². The van der Waals surface area contributed by atoms with Gasteiger partial charge < -0.3 is 34.2 Å². The Morgan fingerprint density at radius 3 is 0.934 bits per heavy atom. The molecule has 0 heterocycles. The fourth-order valence-corrected chi connectivity index (χ4v) is 10.7. The quantitative estimate of drug-likeness (QED) is 0.0146. The molecule has 0 aromatic heterocycles. The highest BCUT2D eigenvalue weighted by atomic mass is 31.2. The number of aliphatic hydroxyl groups excluding tert-OH is 2. The molecule has 5 atom stereocenters. The predicted molar refractivity (Wildman–Crippen MR) is 371 cm³/mol. The molecule has 0 bridgehead atoms. The third-order valence-corrected chi connectivity index (χ3v) is 16.4. The molecule has 0 amide bonds. The molecule has 0 aromatic carbocycles. The number of hydrogen-bond acceptors (Lipinski definition) is 14. The van der Waals surface area contributed by atoms with Crippen LogP contribution in [-0.2, 0) is 55.8 Å². The third-order valence-electron chi connectivity index (χ3n) is 14.5. The van der Waals surface area contributed by atoms with E-state index in [4.69, 9.17) is 32.3 Å². The zero-order valence-corrected chi connectivity index (χ0v) is 58.5. The van der Waals surface area contributed by atoms with E-state index in [1.54, 1.807) is 0 Å². The van der Waals surface area contributed by atoms with Gasteiger partial charge in [-0.15, -0.1) is 0 Å². The van der Waals surface area contributed by atoms with Crippen molar-refractivity contribution in [2.45, 2.75) is 296 Å². The number of carbonyl (C=O) groups excluding carboxylic acids is 3. The van der Waals surface area contributed by atoms with Gasteiger partial charge in [0.05, 0.1) is 26.4 Å². The Morgan fingerprint density at radius 2 is 0.582 bits per heavy atom. The van der Waals surface area contributed by atoms with Crippen LogP contribution in [-0.4, -0.2) is 95.9 Å². The first-order valence-electron chi connectivity index (χ1n) is 35.2. The number of esters is 3. The van der Waals surface area contributed by atoms with E-state index in [2.05, 4.69) is 130 Å². The van der Waals surface area contributed by atoms with E-state index < -0.39 is 91.5 Å². The van der Waals surface area contributed by atoms with Gasteiger partial charge in [-0.3, -0.25) is 32.5 Å². The Labute approximate surface area is 551 Å². The Bertz CT molecular complexity index is 2100. The van der Waals surface area contributed by atoms with Crippen molar-refractivity contribution < 1.29 is 75.8 Å². The zero-order valence-electron chi connectivity index (χ0n) is 56.7. The molecule has 91 heavy (non-hydrogen) atoms. The molecule has 5 unspecified atom stereocenters. The summed E-state index contributed by atoms with van der Waals surface area (Å²) in [5.74, 6) is -1.60. The number of phosphoric ester groups is 2. The Balaban J connectivity index is 4.47. The van der Waals surface area contributed by atoms with Gasteiger partial charge in [0.25, 0.3) is 0 Å². The highest BCUT2D eigenvalue weighted by Crippen LogP contribution is 2.45. The lowest BCUT2D eigenvalue weighted by Crippen LogP contribution is -2.30. The summed E-state index contributed by atoms with van der Waals surface area (Å²) in [5.41, 5.74) is 0. The summed E-state index contributed by atoms with van der Waals surface area (Å²) in [4.78, 5) is 58.3. The minimum Gasteiger partial charge on any atom is -0.463 e. The summed E-state index contributed by atoms with van der Waals surface area (Å²) in [6.45, 7) is 2.38. The van der Waals surface area contributed by atoms with Crippen LogP contribution >= 0.6 is 15.6 Å². The molecule has 0 aromatic rings. The molecule has 0 spiro atoms. The summed E-state index contributed by atoms with van der Waals surface area (Å²) >= 11 is 0. The fourth-order valence-electron chi connectivity index (χ4n) is 9.12. The molecular formula is C73H126O16P2. The van der Waals surface area contributed by atoms with E-state index in [0.717, 1.165) is 161 Å². The van der Waals surface area contributed by atoms with Gasteiger partial charge in [0.2, 0.25) is 0 Å². The number of carbonyl (C=O) groups is 3. The summed E-state index contributed by atoms with van der Waals surface area (Å²) in [5, 5.41) is 20.6. The maximum absolute atomic E-state index is 12.9. The summed E-state index contributed by atoms with van der Waals surface area (Å²) in [6.07, 6.45) is 74.4. The van der Waals surface area contributed by atoms with Crippen LogP contribution in [0.5, 0.6) is 0 Å². The number of hydrogen-bond donors (Lipinski definition) is 4. The predicted octanol–water partition coefficient (Wildman–Crippen LogP) is 19.6. The second kappa shape index (κ2) is 66.2. The molecule has 0 radical (unpaired) electrons. The number of phosphoric acid groups is 2. The van der Waals surface area contributed by atoms with Crippen molar-refractivity contribution in [2.75, 3.05) is 39.6 Å². The van der Waals surface area contributed by atoms with E-state index in [1.807, 2.05) is 0 Å². The van der Waals surface area contributed by atoms with Crippen LogP contribution in [0.25, 0.3) is 0 Å². The van der Waals surface area contributed by atoms with Gasteiger partial charge in [-0.2, -0.15) is 0 Å². The Morgan fingerprint density at radius 1 is 0.319 bits per heavy atom. The van der Waals surface area contributed by atoms with E-state index in [9.17, 15) is 43.5 Å². The van der Waals surface area contributed by atoms with E-state index in [-0.39, 0.29) is 19.3 Å². The average molecular weight is 1320 g/mol. The lowest BCUT2D eigenvalue weighted by Gasteiger charge is -2.21. The Kier molecular flexibility index (Phi) is 63.5. The highest BCUT2D eigenvalue weighted by Gasteiger charge is 2.29. The van der Waals surface area contributed by atoms with Crippen molar-refractivity contribution >= 4 is 33.6 Å². The number of aliphatic hydroxyl groups is 2. The molecule has 4 N–H and O–H groups in total.